The van der Waals surface area contributed by atoms with Crippen LogP contribution in [0.5, 0.6) is 0 Å². The summed E-state index contributed by atoms with van der Waals surface area (Å²) in [5.41, 5.74) is 14.0. The van der Waals surface area contributed by atoms with Crippen molar-refractivity contribution < 1.29 is 4.42 Å². The molecule has 0 spiro atoms. The number of aromatic nitrogens is 3. The van der Waals surface area contributed by atoms with E-state index >= 15 is 0 Å². The SMILES string of the molecule is Cc1ccc(-c2c3nc(c4ccc(cc5ccc([nH]5)c(-c5ccc(C)cc5)c5ccc2o5)[nH]4)C=C3)cc1. The fourth-order valence-electron chi connectivity index (χ4n) is 5.00. The Kier molecular flexibility index (Phi) is 4.86. The number of rotatable bonds is 2. The fraction of sp³-hybridized carbons (Fsp3) is 0.0606. The van der Waals surface area contributed by atoms with Crippen LogP contribution >= 0.6 is 0 Å². The minimum atomic E-state index is 0.786. The number of aryl methyl sites for hydroxylation is 2. The van der Waals surface area contributed by atoms with Crippen LogP contribution in [0.15, 0.2) is 95.4 Å². The van der Waals surface area contributed by atoms with Crippen LogP contribution in [0.2, 0.25) is 0 Å². The van der Waals surface area contributed by atoms with Gasteiger partial charge in [-0.2, -0.15) is 0 Å². The van der Waals surface area contributed by atoms with Crippen LogP contribution in [0.4, 0.5) is 0 Å². The van der Waals surface area contributed by atoms with E-state index in [4.69, 9.17) is 9.40 Å². The molecule has 0 amide bonds. The Morgan fingerprint density at radius 3 is 1.76 bits per heavy atom. The second kappa shape index (κ2) is 8.38. The molecule has 37 heavy (non-hydrogen) atoms. The topological polar surface area (TPSA) is 57.6 Å². The normalized spacial score (nSPS) is 11.9. The number of hydrogen-bond donors (Lipinski definition) is 2. The van der Waals surface area contributed by atoms with Crippen molar-refractivity contribution in [3.05, 3.63) is 114 Å². The number of hydrogen-bond acceptors (Lipinski definition) is 2. The molecule has 0 unspecified atom stereocenters. The van der Waals surface area contributed by atoms with Crippen LogP contribution in [0.3, 0.4) is 0 Å². The highest BCUT2D eigenvalue weighted by atomic mass is 16.3. The van der Waals surface area contributed by atoms with Crippen molar-refractivity contribution >= 4 is 45.4 Å². The second-order valence-electron chi connectivity index (χ2n) is 9.66. The van der Waals surface area contributed by atoms with E-state index in [1.807, 2.05) is 0 Å². The van der Waals surface area contributed by atoms with Gasteiger partial charge in [-0.15, -0.1) is 0 Å². The molecule has 1 aliphatic heterocycles. The van der Waals surface area contributed by atoms with E-state index in [0.29, 0.717) is 0 Å². The molecule has 178 valence electrons. The van der Waals surface area contributed by atoms with Gasteiger partial charge >= 0.3 is 0 Å². The summed E-state index contributed by atoms with van der Waals surface area (Å²) in [4.78, 5) is 12.1. The summed E-state index contributed by atoms with van der Waals surface area (Å²) in [6.45, 7) is 4.20. The zero-order chi connectivity index (χ0) is 24.9. The van der Waals surface area contributed by atoms with Gasteiger partial charge in [-0.05, 0) is 79.6 Å². The van der Waals surface area contributed by atoms with Gasteiger partial charge in [-0.1, -0.05) is 59.7 Å². The Morgan fingerprint density at radius 2 is 1.08 bits per heavy atom. The number of benzene rings is 2. The maximum Gasteiger partial charge on any atom is 0.137 e. The highest BCUT2D eigenvalue weighted by Crippen LogP contribution is 2.35. The number of nitrogens with zero attached hydrogens (tertiary/aromatic N) is 1. The summed E-state index contributed by atoms with van der Waals surface area (Å²) in [5, 5.41) is 0. The van der Waals surface area contributed by atoms with Gasteiger partial charge in [-0.3, -0.25) is 0 Å². The summed E-state index contributed by atoms with van der Waals surface area (Å²) >= 11 is 0. The molecule has 4 aromatic heterocycles. The molecule has 5 heterocycles. The van der Waals surface area contributed by atoms with E-state index in [0.717, 1.165) is 66.9 Å². The van der Waals surface area contributed by atoms with E-state index in [2.05, 4.69) is 127 Å². The Bertz CT molecular complexity index is 1930. The van der Waals surface area contributed by atoms with Gasteiger partial charge in [0.1, 0.15) is 11.2 Å². The molecule has 2 aromatic carbocycles. The summed E-state index contributed by atoms with van der Waals surface area (Å²) in [7, 11) is 0. The lowest BCUT2D eigenvalue weighted by Gasteiger charge is -2.04. The predicted octanol–water partition coefficient (Wildman–Crippen LogP) is 8.91. The van der Waals surface area contributed by atoms with E-state index < -0.39 is 0 Å². The quantitative estimate of drug-likeness (QED) is 0.260. The van der Waals surface area contributed by atoms with E-state index in [-0.39, 0.29) is 0 Å². The Morgan fingerprint density at radius 1 is 0.541 bits per heavy atom. The van der Waals surface area contributed by atoms with E-state index in [1.165, 1.54) is 11.1 Å². The number of H-pyrrole nitrogens is 2. The van der Waals surface area contributed by atoms with E-state index in [1.54, 1.807) is 0 Å². The van der Waals surface area contributed by atoms with Crippen molar-refractivity contribution in [2.45, 2.75) is 13.8 Å². The number of nitrogens with one attached hydrogen (secondary N) is 2. The van der Waals surface area contributed by atoms with Gasteiger partial charge in [0, 0.05) is 16.6 Å². The summed E-state index contributed by atoms with van der Waals surface area (Å²) in [5.74, 6) is 0. The van der Waals surface area contributed by atoms with Crippen LogP contribution in [-0.2, 0) is 0 Å². The molecule has 0 radical (unpaired) electrons. The Hall–Kier alpha value is -4.83. The molecule has 6 aromatic rings. The van der Waals surface area contributed by atoms with Crippen molar-refractivity contribution in [2.75, 3.05) is 0 Å². The van der Waals surface area contributed by atoms with Crippen LogP contribution in [0, 0.1) is 13.8 Å². The molecular formula is C33H25N3O. The summed E-state index contributed by atoms with van der Waals surface area (Å²) in [6.07, 6.45) is 4.13. The Balaban J connectivity index is 1.65. The van der Waals surface area contributed by atoms with Gasteiger partial charge < -0.3 is 14.4 Å². The second-order valence-corrected chi connectivity index (χ2v) is 9.66. The van der Waals surface area contributed by atoms with Crippen LogP contribution in [0.25, 0.3) is 67.6 Å². The molecule has 4 nitrogen and oxygen atoms in total. The van der Waals surface area contributed by atoms with Gasteiger partial charge in [0.25, 0.3) is 0 Å². The standard InChI is InChI=1S/C33H25N3O/c1-20-3-7-22(8-4-20)32-28-14-12-25(35-28)19-24-11-13-26(34-24)27-15-16-29(36-27)33(31-18-17-30(32)37-31)23-9-5-21(2)6-10-23/h3-19,34-35H,1-2H3. The van der Waals surface area contributed by atoms with Gasteiger partial charge in [-0.25, -0.2) is 4.98 Å². The third-order valence-electron chi connectivity index (χ3n) is 6.95. The number of fused-ring (bicyclic) bond motifs is 9. The molecule has 1 aliphatic rings. The lowest BCUT2D eigenvalue weighted by molar-refractivity contribution is 0.668. The monoisotopic (exact) mass is 479 g/mol. The van der Waals surface area contributed by atoms with Crippen molar-refractivity contribution in [2.24, 2.45) is 0 Å². The van der Waals surface area contributed by atoms with Gasteiger partial charge in [0.2, 0.25) is 0 Å². The maximum atomic E-state index is 6.66. The van der Waals surface area contributed by atoms with Crippen molar-refractivity contribution in [1.29, 1.82) is 0 Å². The zero-order valence-electron chi connectivity index (χ0n) is 20.7. The summed E-state index contributed by atoms with van der Waals surface area (Å²) < 4.78 is 6.66. The lowest BCUT2D eigenvalue weighted by Crippen LogP contribution is -1.85. The highest BCUT2D eigenvalue weighted by molar-refractivity contribution is 5.95. The minimum Gasteiger partial charge on any atom is -0.456 e. The molecule has 2 N–H and O–H groups in total. The fourth-order valence-corrected chi connectivity index (χ4v) is 5.00. The molecule has 8 bridgehead atoms. The predicted molar refractivity (Wildman–Crippen MR) is 153 cm³/mol. The molecule has 0 fully saturated rings. The molecule has 0 saturated heterocycles. The van der Waals surface area contributed by atoms with Crippen LogP contribution in [-0.4, -0.2) is 15.0 Å². The largest absolute Gasteiger partial charge is 0.456 e. The average Bonchev–Trinajstić information content (AvgIpc) is 3.71. The van der Waals surface area contributed by atoms with Crippen molar-refractivity contribution in [3.8, 4) is 22.3 Å². The summed E-state index contributed by atoms with van der Waals surface area (Å²) in [6, 6.07) is 31.7. The molecule has 7 rings (SSSR count). The minimum absolute atomic E-state index is 0.786. The smallest absolute Gasteiger partial charge is 0.137 e. The molecule has 4 heteroatoms. The first kappa shape index (κ1) is 21.5. The zero-order valence-corrected chi connectivity index (χ0v) is 20.7. The lowest BCUT2D eigenvalue weighted by atomic mass is 10.0. The average molecular weight is 480 g/mol. The van der Waals surface area contributed by atoms with Crippen molar-refractivity contribution in [1.82, 2.24) is 15.0 Å². The van der Waals surface area contributed by atoms with Gasteiger partial charge in [0.15, 0.2) is 0 Å². The highest BCUT2D eigenvalue weighted by Gasteiger charge is 2.15. The van der Waals surface area contributed by atoms with Crippen molar-refractivity contribution in [3.63, 3.8) is 0 Å². The Labute approximate surface area is 214 Å². The maximum absolute atomic E-state index is 6.66. The molecule has 0 aliphatic carbocycles. The first-order chi connectivity index (χ1) is 18.1. The molecular weight excluding hydrogens is 454 g/mol. The van der Waals surface area contributed by atoms with Crippen LogP contribution < -0.4 is 0 Å². The van der Waals surface area contributed by atoms with Crippen LogP contribution in [0.1, 0.15) is 22.5 Å². The molecule has 0 saturated carbocycles. The van der Waals surface area contributed by atoms with Gasteiger partial charge in [0.05, 0.1) is 28.0 Å². The first-order valence-electron chi connectivity index (χ1n) is 12.5. The van der Waals surface area contributed by atoms with E-state index in [9.17, 15) is 0 Å². The third-order valence-corrected chi connectivity index (χ3v) is 6.95. The third kappa shape index (κ3) is 3.83. The molecule has 0 atom stereocenters. The number of furan rings is 1. The number of aromatic amines is 2. The first-order valence-corrected chi connectivity index (χ1v) is 12.5.